The van der Waals surface area contributed by atoms with Crippen molar-refractivity contribution in [2.75, 3.05) is 7.11 Å². The van der Waals surface area contributed by atoms with Crippen molar-refractivity contribution in [2.45, 2.75) is 61.4 Å². The Bertz CT molecular complexity index is 3730. The molecule has 6 heterocycles. The van der Waals surface area contributed by atoms with E-state index in [-0.39, 0.29) is 26.1 Å². The van der Waals surface area contributed by atoms with Gasteiger partial charge in [-0.05, 0) is 168 Å². The van der Waals surface area contributed by atoms with E-state index in [1.165, 1.54) is 77.9 Å². The van der Waals surface area contributed by atoms with Gasteiger partial charge < -0.3 is 19.1 Å². The summed E-state index contributed by atoms with van der Waals surface area (Å²) < 4.78 is 10.2. The van der Waals surface area contributed by atoms with E-state index in [1.54, 1.807) is 7.11 Å². The van der Waals surface area contributed by atoms with Crippen molar-refractivity contribution in [3.8, 4) is 61.5 Å². The van der Waals surface area contributed by atoms with Crippen molar-refractivity contribution in [1.82, 2.24) is 19.4 Å². The summed E-state index contributed by atoms with van der Waals surface area (Å²) in [7, 11) is 1.76. The molecule has 341 valence electrons. The fraction of sp³-hybridized carbons (Fsp3) is 0.164. The van der Waals surface area contributed by atoms with Crippen molar-refractivity contribution < 1.29 is 29.5 Å². The van der Waals surface area contributed by atoms with Crippen LogP contribution in [-0.2, 0) is 20.1 Å². The third kappa shape index (κ3) is 7.69. The quantitative estimate of drug-likeness (QED) is 0.0978. The number of imidazole rings is 1. The van der Waals surface area contributed by atoms with Gasteiger partial charge >= 0.3 is 0 Å². The second kappa shape index (κ2) is 17.9. The summed E-state index contributed by atoms with van der Waals surface area (Å²) in [4.78, 5) is 14.1. The van der Waals surface area contributed by atoms with E-state index < -0.39 is 0 Å². The monoisotopic (exact) mass is 1080 g/mol. The predicted octanol–water partition coefficient (Wildman–Crippen LogP) is 15.2. The molecule has 69 heavy (non-hydrogen) atoms. The van der Waals surface area contributed by atoms with Gasteiger partial charge in [0.1, 0.15) is 11.4 Å². The molecule has 0 amide bonds. The van der Waals surface area contributed by atoms with Crippen LogP contribution in [0.4, 0.5) is 5.69 Å². The Morgan fingerprint density at radius 1 is 0.594 bits per heavy atom. The standard InChI is InChI=1S/C37H30N3O.C24H21N3.Ir/c1-22-16-30(26-10-7-6-8-11-26)36(41-5)31(17-22)27-18-23(2)33(24(3)19-27)28-20-25(4)34-32(21-28)40-15-14-39-37(40)29-12-9-13-38-35(29)34;1-14-10-15(2)22(16(3)11-14)18-12-17(4)23-19(13-18)20-7-9-26-27(20)21-6-5-8-25-24(21)23;/h6-11,13-21H,1-5H3;5,7-13,20H,1-4H3;/q-1;;. The summed E-state index contributed by atoms with van der Waals surface area (Å²) in [6.07, 6.45) is 11.5. The molecule has 0 N–H and O–H groups in total. The second-order valence-electron chi connectivity index (χ2n) is 18.4. The molecule has 0 saturated heterocycles. The Labute approximate surface area is 417 Å². The van der Waals surface area contributed by atoms with Crippen LogP contribution in [-0.4, -0.2) is 31.2 Å². The SMILES string of the molecule is COc1c(-c2ccccc2)cc(C)cc1-c1cc(C)c(-c2cc(C)c3c4ncc[c-]c4c4nccn4c3c2)c(C)c1.Cc1cc(C)c(-c2cc(C)c3c(c2)C2C=CN=[N+]2c2[c-]ccnc2-3)c(C)c1.[Ir]. The van der Waals surface area contributed by atoms with Crippen LogP contribution in [0.5, 0.6) is 5.75 Å². The van der Waals surface area contributed by atoms with Gasteiger partial charge in [0, 0.05) is 66.5 Å². The first-order chi connectivity index (χ1) is 33.0. The Morgan fingerprint density at radius 2 is 1.20 bits per heavy atom. The number of nitrogens with zero attached hydrogens (tertiary/aromatic N) is 6. The maximum Gasteiger partial charge on any atom is 0.227 e. The summed E-state index contributed by atoms with van der Waals surface area (Å²) in [5.41, 5.74) is 26.9. The van der Waals surface area contributed by atoms with Gasteiger partial charge in [0.2, 0.25) is 6.04 Å². The number of aromatic nitrogens is 4. The van der Waals surface area contributed by atoms with Gasteiger partial charge in [-0.2, -0.15) is 6.07 Å². The molecular formula is C61H51IrN6O-. The molecule has 4 aromatic heterocycles. The van der Waals surface area contributed by atoms with Gasteiger partial charge in [-0.15, -0.1) is 18.2 Å². The molecule has 1 atom stereocenters. The zero-order valence-corrected chi connectivity index (χ0v) is 42.7. The Balaban J connectivity index is 0.000000171. The van der Waals surface area contributed by atoms with Crippen molar-refractivity contribution in [3.05, 3.63) is 202 Å². The Hall–Kier alpha value is -7.38. The van der Waals surface area contributed by atoms with E-state index in [1.807, 2.05) is 53.9 Å². The predicted molar refractivity (Wildman–Crippen MR) is 276 cm³/mol. The van der Waals surface area contributed by atoms with E-state index in [4.69, 9.17) is 9.72 Å². The number of methoxy groups -OCH3 is 1. The molecule has 0 aliphatic carbocycles. The van der Waals surface area contributed by atoms with Gasteiger partial charge in [0.15, 0.2) is 0 Å². The number of hydrogen-bond donors (Lipinski definition) is 0. The van der Waals surface area contributed by atoms with Crippen LogP contribution in [0.1, 0.15) is 56.1 Å². The minimum atomic E-state index is 0. The number of azo groups is 2. The van der Waals surface area contributed by atoms with Crippen molar-refractivity contribution >= 4 is 33.1 Å². The van der Waals surface area contributed by atoms with E-state index in [2.05, 4.69) is 178 Å². The van der Waals surface area contributed by atoms with Crippen LogP contribution >= 0.6 is 0 Å². The minimum absolute atomic E-state index is 0. The second-order valence-corrected chi connectivity index (χ2v) is 18.4. The van der Waals surface area contributed by atoms with Crippen LogP contribution in [0.3, 0.4) is 0 Å². The average Bonchev–Trinajstić information content (AvgIpc) is 4.04. The summed E-state index contributed by atoms with van der Waals surface area (Å²) in [5, 5.41) is 6.64. The summed E-state index contributed by atoms with van der Waals surface area (Å²) in [6.45, 7) is 17.5. The van der Waals surface area contributed by atoms with Gasteiger partial charge in [0.25, 0.3) is 0 Å². The Kier molecular flexibility index (Phi) is 11.8. The Morgan fingerprint density at radius 3 is 1.93 bits per heavy atom. The molecular weight excluding hydrogens is 1020 g/mol. The van der Waals surface area contributed by atoms with E-state index in [0.29, 0.717) is 0 Å². The first-order valence-corrected chi connectivity index (χ1v) is 23.2. The number of ether oxygens (including phenoxy) is 1. The molecule has 7 nitrogen and oxygen atoms in total. The van der Waals surface area contributed by atoms with Crippen molar-refractivity contribution in [3.63, 3.8) is 0 Å². The molecule has 12 rings (SSSR count). The zero-order valence-electron chi connectivity index (χ0n) is 40.3. The molecule has 2 aliphatic heterocycles. The topological polar surface area (TPSA) is 67.7 Å². The van der Waals surface area contributed by atoms with Crippen LogP contribution in [0.25, 0.3) is 83.2 Å². The number of hydrogen-bond acceptors (Lipinski definition) is 5. The third-order valence-electron chi connectivity index (χ3n) is 13.6. The molecule has 10 aromatic rings. The van der Waals surface area contributed by atoms with Crippen molar-refractivity contribution in [2.24, 2.45) is 5.11 Å². The molecule has 0 fully saturated rings. The maximum absolute atomic E-state index is 6.05. The largest absolute Gasteiger partial charge is 0.495 e. The molecule has 0 spiro atoms. The zero-order chi connectivity index (χ0) is 47.0. The van der Waals surface area contributed by atoms with Crippen molar-refractivity contribution in [1.29, 1.82) is 0 Å². The van der Waals surface area contributed by atoms with Gasteiger partial charge in [0.05, 0.1) is 19.0 Å². The number of aryl methyl sites for hydroxylation is 8. The number of pyridine rings is 3. The van der Waals surface area contributed by atoms with Crippen LogP contribution < -0.4 is 4.74 Å². The maximum atomic E-state index is 6.05. The number of benzene rings is 6. The fourth-order valence-corrected chi connectivity index (χ4v) is 11.1. The van der Waals surface area contributed by atoms with Crippen LogP contribution in [0, 0.1) is 67.5 Å². The molecule has 6 aromatic carbocycles. The molecule has 1 radical (unpaired) electrons. The van der Waals surface area contributed by atoms with Crippen LogP contribution in [0.15, 0.2) is 145 Å². The summed E-state index contributed by atoms with van der Waals surface area (Å²) >= 11 is 0. The van der Waals surface area contributed by atoms with E-state index in [9.17, 15) is 0 Å². The summed E-state index contributed by atoms with van der Waals surface area (Å²) in [5.74, 6) is 0.897. The minimum Gasteiger partial charge on any atom is -0.495 e. The molecule has 2 aliphatic rings. The normalized spacial score (nSPS) is 13.3. The van der Waals surface area contributed by atoms with Gasteiger partial charge in [-0.25, -0.2) is 0 Å². The van der Waals surface area contributed by atoms with Gasteiger partial charge in [-0.1, -0.05) is 100 Å². The smallest absolute Gasteiger partial charge is 0.227 e. The summed E-state index contributed by atoms with van der Waals surface area (Å²) in [6, 6.07) is 43.7. The van der Waals surface area contributed by atoms with E-state index in [0.717, 1.165) is 66.8 Å². The first-order valence-electron chi connectivity index (χ1n) is 23.2. The van der Waals surface area contributed by atoms with Gasteiger partial charge in [-0.3, -0.25) is 4.98 Å². The van der Waals surface area contributed by atoms with Crippen LogP contribution in [0.2, 0.25) is 0 Å². The molecule has 0 saturated carbocycles. The fourth-order valence-electron chi connectivity index (χ4n) is 11.1. The average molecular weight is 1080 g/mol. The number of rotatable bonds is 5. The van der Waals surface area contributed by atoms with E-state index >= 15 is 0 Å². The molecule has 1 unspecified atom stereocenters. The molecule has 8 heteroatoms. The number of fused-ring (bicyclic) bond motifs is 12. The first kappa shape index (κ1) is 45.4. The third-order valence-corrected chi connectivity index (χ3v) is 13.6. The molecule has 0 bridgehead atoms.